The summed E-state index contributed by atoms with van der Waals surface area (Å²) in [6.45, 7) is 6.40. The molecule has 2 aromatic rings. The standard InChI is InChI=1S/C12H14ClN3/c1-12(2,3)9-7-14-11(16-9)8-5-4-6-10(13)15-8/h4-7H,1-3H3,(H,14,16). The molecule has 2 aromatic heterocycles. The van der Waals surface area contributed by atoms with Gasteiger partial charge in [0.15, 0.2) is 5.82 Å². The molecule has 0 atom stereocenters. The highest BCUT2D eigenvalue weighted by molar-refractivity contribution is 6.29. The number of hydrogen-bond acceptors (Lipinski definition) is 2. The van der Waals surface area contributed by atoms with E-state index in [9.17, 15) is 0 Å². The molecule has 84 valence electrons. The van der Waals surface area contributed by atoms with Gasteiger partial charge in [0.05, 0.1) is 0 Å². The Morgan fingerprint density at radius 3 is 2.56 bits per heavy atom. The maximum Gasteiger partial charge on any atom is 0.156 e. The molecule has 0 saturated carbocycles. The molecule has 0 saturated heterocycles. The number of nitrogens with one attached hydrogen (secondary N) is 1. The van der Waals surface area contributed by atoms with E-state index in [1.807, 2.05) is 18.3 Å². The maximum absolute atomic E-state index is 5.84. The lowest BCUT2D eigenvalue weighted by Crippen LogP contribution is -2.11. The highest BCUT2D eigenvalue weighted by Crippen LogP contribution is 2.23. The van der Waals surface area contributed by atoms with Gasteiger partial charge in [0.2, 0.25) is 0 Å². The van der Waals surface area contributed by atoms with Gasteiger partial charge in [-0.2, -0.15) is 0 Å². The van der Waals surface area contributed by atoms with Crippen molar-refractivity contribution in [2.75, 3.05) is 0 Å². The van der Waals surface area contributed by atoms with E-state index in [0.717, 1.165) is 17.2 Å². The van der Waals surface area contributed by atoms with Crippen molar-refractivity contribution in [3.8, 4) is 11.5 Å². The normalized spacial score (nSPS) is 11.8. The van der Waals surface area contributed by atoms with E-state index in [-0.39, 0.29) is 5.41 Å². The molecule has 16 heavy (non-hydrogen) atoms. The zero-order valence-corrected chi connectivity index (χ0v) is 10.3. The smallest absolute Gasteiger partial charge is 0.156 e. The van der Waals surface area contributed by atoms with E-state index in [4.69, 9.17) is 11.6 Å². The Balaban J connectivity index is 2.39. The molecule has 0 aliphatic rings. The van der Waals surface area contributed by atoms with Crippen LogP contribution >= 0.6 is 11.6 Å². The summed E-state index contributed by atoms with van der Waals surface area (Å²) in [5.41, 5.74) is 1.91. The first-order valence-corrected chi connectivity index (χ1v) is 5.53. The van der Waals surface area contributed by atoms with Gasteiger partial charge in [-0.05, 0) is 12.1 Å². The Bertz CT molecular complexity index is 497. The van der Waals surface area contributed by atoms with Crippen LogP contribution in [0.15, 0.2) is 24.4 Å². The summed E-state index contributed by atoms with van der Waals surface area (Å²) in [5.74, 6) is 0.757. The van der Waals surface area contributed by atoms with Gasteiger partial charge in [-0.25, -0.2) is 9.97 Å². The van der Waals surface area contributed by atoms with Crippen molar-refractivity contribution in [1.29, 1.82) is 0 Å². The summed E-state index contributed by atoms with van der Waals surface area (Å²) >= 11 is 5.84. The van der Waals surface area contributed by atoms with Crippen molar-refractivity contribution in [2.45, 2.75) is 26.2 Å². The fourth-order valence-corrected chi connectivity index (χ4v) is 1.54. The Morgan fingerprint density at radius 1 is 1.25 bits per heavy atom. The predicted octanol–water partition coefficient (Wildman–Crippen LogP) is 3.42. The molecule has 0 aliphatic carbocycles. The third-order valence-electron chi connectivity index (χ3n) is 2.34. The van der Waals surface area contributed by atoms with Crippen LogP contribution in [0, 0.1) is 0 Å². The molecule has 0 unspecified atom stereocenters. The van der Waals surface area contributed by atoms with Crippen LogP contribution < -0.4 is 0 Å². The van der Waals surface area contributed by atoms with Gasteiger partial charge in [0.25, 0.3) is 0 Å². The fourth-order valence-electron chi connectivity index (χ4n) is 1.37. The molecule has 1 N–H and O–H groups in total. The Morgan fingerprint density at radius 2 is 2.00 bits per heavy atom. The zero-order valence-electron chi connectivity index (χ0n) is 9.58. The first-order valence-electron chi connectivity index (χ1n) is 5.15. The van der Waals surface area contributed by atoms with Crippen LogP contribution in [0.5, 0.6) is 0 Å². The lowest BCUT2D eigenvalue weighted by atomic mass is 9.93. The molecule has 0 fully saturated rings. The quantitative estimate of drug-likeness (QED) is 0.770. The van der Waals surface area contributed by atoms with Crippen LogP contribution in [-0.4, -0.2) is 15.0 Å². The summed E-state index contributed by atoms with van der Waals surface area (Å²) in [6, 6.07) is 5.50. The minimum Gasteiger partial charge on any atom is -0.340 e. The van der Waals surface area contributed by atoms with Gasteiger partial charge in [0, 0.05) is 17.3 Å². The molecule has 4 heteroatoms. The van der Waals surface area contributed by atoms with Crippen LogP contribution in [0.1, 0.15) is 26.5 Å². The minimum atomic E-state index is 0.0594. The van der Waals surface area contributed by atoms with Crippen molar-refractivity contribution in [3.05, 3.63) is 35.2 Å². The average molecular weight is 236 g/mol. The number of H-pyrrole nitrogens is 1. The minimum absolute atomic E-state index is 0.0594. The summed E-state index contributed by atoms with van der Waals surface area (Å²) in [5, 5.41) is 0.478. The molecular weight excluding hydrogens is 222 g/mol. The highest BCUT2D eigenvalue weighted by atomic mass is 35.5. The van der Waals surface area contributed by atoms with E-state index in [2.05, 4.69) is 35.7 Å². The van der Waals surface area contributed by atoms with Crippen molar-refractivity contribution >= 4 is 11.6 Å². The Labute approximate surface area is 99.9 Å². The summed E-state index contributed by atoms with van der Waals surface area (Å²) < 4.78 is 0. The van der Waals surface area contributed by atoms with Crippen molar-refractivity contribution < 1.29 is 0 Å². The monoisotopic (exact) mass is 235 g/mol. The zero-order chi connectivity index (χ0) is 11.8. The van der Waals surface area contributed by atoms with Crippen LogP contribution in [0.25, 0.3) is 11.5 Å². The van der Waals surface area contributed by atoms with E-state index < -0.39 is 0 Å². The van der Waals surface area contributed by atoms with Crippen LogP contribution in [0.3, 0.4) is 0 Å². The van der Waals surface area contributed by atoms with Crippen LogP contribution in [0.4, 0.5) is 0 Å². The Hall–Kier alpha value is -1.35. The summed E-state index contributed by atoms with van der Waals surface area (Å²) in [7, 11) is 0. The lowest BCUT2D eigenvalue weighted by molar-refractivity contribution is 0.572. The molecular formula is C12H14ClN3. The highest BCUT2D eigenvalue weighted by Gasteiger charge is 2.17. The van der Waals surface area contributed by atoms with Gasteiger partial charge in [-0.1, -0.05) is 38.4 Å². The van der Waals surface area contributed by atoms with Crippen molar-refractivity contribution in [2.24, 2.45) is 0 Å². The molecule has 0 aliphatic heterocycles. The fraction of sp³-hybridized carbons (Fsp3) is 0.333. The van der Waals surface area contributed by atoms with Crippen molar-refractivity contribution in [3.63, 3.8) is 0 Å². The summed E-state index contributed by atoms with van der Waals surface area (Å²) in [6.07, 6.45) is 1.85. The molecule has 2 rings (SSSR count). The third kappa shape index (κ3) is 2.25. The summed E-state index contributed by atoms with van der Waals surface area (Å²) in [4.78, 5) is 11.8. The van der Waals surface area contributed by atoms with Crippen LogP contribution in [0.2, 0.25) is 5.15 Å². The number of halogens is 1. The number of nitrogens with zero attached hydrogens (tertiary/aromatic N) is 2. The number of hydrogen-bond donors (Lipinski definition) is 1. The van der Waals surface area contributed by atoms with Gasteiger partial charge in [-0.15, -0.1) is 0 Å². The predicted molar refractivity (Wildman–Crippen MR) is 65.5 cm³/mol. The average Bonchev–Trinajstić information content (AvgIpc) is 2.65. The first-order chi connectivity index (χ1) is 7.47. The first kappa shape index (κ1) is 11.1. The SMILES string of the molecule is CC(C)(C)c1cnc(-c2cccc(Cl)n2)[nH]1. The van der Waals surface area contributed by atoms with Crippen molar-refractivity contribution in [1.82, 2.24) is 15.0 Å². The number of aromatic nitrogens is 3. The number of rotatable bonds is 1. The van der Waals surface area contributed by atoms with E-state index in [0.29, 0.717) is 5.15 Å². The van der Waals surface area contributed by atoms with E-state index in [1.54, 1.807) is 6.07 Å². The lowest BCUT2D eigenvalue weighted by Gasteiger charge is -2.14. The second kappa shape index (κ2) is 3.91. The van der Waals surface area contributed by atoms with Crippen LogP contribution in [-0.2, 0) is 5.41 Å². The molecule has 0 bridgehead atoms. The van der Waals surface area contributed by atoms with Gasteiger partial charge < -0.3 is 4.98 Å². The Kier molecular flexibility index (Phi) is 2.72. The van der Waals surface area contributed by atoms with Gasteiger partial charge >= 0.3 is 0 Å². The topological polar surface area (TPSA) is 41.6 Å². The van der Waals surface area contributed by atoms with E-state index >= 15 is 0 Å². The second-order valence-corrected chi connectivity index (χ2v) is 5.13. The molecule has 0 radical (unpaired) electrons. The molecule has 2 heterocycles. The maximum atomic E-state index is 5.84. The van der Waals surface area contributed by atoms with Gasteiger partial charge in [0.1, 0.15) is 10.8 Å². The largest absolute Gasteiger partial charge is 0.340 e. The second-order valence-electron chi connectivity index (χ2n) is 4.74. The third-order valence-corrected chi connectivity index (χ3v) is 2.55. The molecule has 0 spiro atoms. The number of aromatic amines is 1. The molecule has 0 aromatic carbocycles. The van der Waals surface area contributed by atoms with E-state index in [1.165, 1.54) is 0 Å². The number of imidazole rings is 1. The number of pyridine rings is 1. The van der Waals surface area contributed by atoms with Gasteiger partial charge in [-0.3, -0.25) is 0 Å². The molecule has 3 nitrogen and oxygen atoms in total. The molecule has 0 amide bonds.